The van der Waals surface area contributed by atoms with Gasteiger partial charge in [-0.25, -0.2) is 8.42 Å². The molecule has 0 aliphatic rings. The van der Waals surface area contributed by atoms with Crippen molar-refractivity contribution in [3.8, 4) is 0 Å². The third-order valence-electron chi connectivity index (χ3n) is 4.57. The van der Waals surface area contributed by atoms with Gasteiger partial charge in [-0.3, -0.25) is 14.3 Å². The van der Waals surface area contributed by atoms with Crippen molar-refractivity contribution in [3.05, 3.63) is 82.4 Å². The molecule has 0 saturated heterocycles. The van der Waals surface area contributed by atoms with Crippen LogP contribution < -0.4 is 15.4 Å². The monoisotopic (exact) mass is 471 g/mol. The highest BCUT2D eigenvalue weighted by Crippen LogP contribution is 2.27. The lowest BCUT2D eigenvalue weighted by molar-refractivity contribution is -0.114. The van der Waals surface area contributed by atoms with Crippen LogP contribution in [0.1, 0.15) is 28.4 Å². The molecule has 9 heteroatoms. The SMILES string of the molecule is CC(=O)Nc1ccc(Cl)c(NC(=O)c2cc(S(=O)(=O)Nc3cccc(C)c3)ccc2C)c1. The van der Waals surface area contributed by atoms with Gasteiger partial charge >= 0.3 is 0 Å². The van der Waals surface area contributed by atoms with E-state index < -0.39 is 15.9 Å². The Hall–Kier alpha value is -3.36. The van der Waals surface area contributed by atoms with Gasteiger partial charge in [0.05, 0.1) is 15.6 Å². The zero-order chi connectivity index (χ0) is 23.5. The van der Waals surface area contributed by atoms with Crippen LogP contribution in [0, 0.1) is 13.8 Å². The van der Waals surface area contributed by atoms with Crippen LogP contribution in [0.2, 0.25) is 5.02 Å². The number of halogens is 1. The normalized spacial score (nSPS) is 11.0. The van der Waals surface area contributed by atoms with E-state index in [4.69, 9.17) is 11.6 Å². The predicted octanol–water partition coefficient (Wildman–Crippen LogP) is 4.97. The molecule has 0 atom stereocenters. The molecule has 7 nitrogen and oxygen atoms in total. The average Bonchev–Trinajstić information content (AvgIpc) is 2.70. The predicted molar refractivity (Wildman–Crippen MR) is 127 cm³/mol. The number of carbonyl (C=O) groups excluding carboxylic acids is 2. The van der Waals surface area contributed by atoms with Crippen molar-refractivity contribution in [2.45, 2.75) is 25.7 Å². The van der Waals surface area contributed by atoms with Crippen LogP contribution in [0.3, 0.4) is 0 Å². The summed E-state index contributed by atoms with van der Waals surface area (Å²) >= 11 is 6.18. The van der Waals surface area contributed by atoms with Crippen LogP contribution in [-0.4, -0.2) is 20.2 Å². The van der Waals surface area contributed by atoms with Gasteiger partial charge in [0.15, 0.2) is 0 Å². The summed E-state index contributed by atoms with van der Waals surface area (Å²) in [5.74, 6) is -0.795. The number of aryl methyl sites for hydroxylation is 2. The van der Waals surface area contributed by atoms with Gasteiger partial charge in [0.1, 0.15) is 0 Å². The van der Waals surface area contributed by atoms with Crippen molar-refractivity contribution in [1.82, 2.24) is 0 Å². The van der Waals surface area contributed by atoms with E-state index in [0.29, 0.717) is 16.9 Å². The fraction of sp³-hybridized carbons (Fsp3) is 0.130. The maximum Gasteiger partial charge on any atom is 0.261 e. The van der Waals surface area contributed by atoms with E-state index in [1.807, 2.05) is 13.0 Å². The smallest absolute Gasteiger partial charge is 0.261 e. The van der Waals surface area contributed by atoms with Crippen LogP contribution in [-0.2, 0) is 14.8 Å². The number of amides is 2. The third kappa shape index (κ3) is 5.66. The molecule has 0 saturated carbocycles. The van der Waals surface area contributed by atoms with E-state index in [-0.39, 0.29) is 27.1 Å². The Morgan fingerprint density at radius 2 is 1.62 bits per heavy atom. The van der Waals surface area contributed by atoms with Gasteiger partial charge < -0.3 is 10.6 Å². The molecule has 0 fully saturated rings. The van der Waals surface area contributed by atoms with Crippen LogP contribution in [0.4, 0.5) is 17.1 Å². The van der Waals surface area contributed by atoms with Crippen LogP contribution in [0.5, 0.6) is 0 Å². The summed E-state index contributed by atoms with van der Waals surface area (Å²) in [5, 5.41) is 5.57. The largest absolute Gasteiger partial charge is 0.326 e. The first-order chi connectivity index (χ1) is 15.0. The zero-order valence-corrected chi connectivity index (χ0v) is 19.3. The number of hydrogen-bond donors (Lipinski definition) is 3. The molecule has 3 aromatic carbocycles. The molecule has 2 amide bonds. The fourth-order valence-electron chi connectivity index (χ4n) is 3.03. The van der Waals surface area contributed by atoms with Crippen LogP contribution >= 0.6 is 11.6 Å². The highest BCUT2D eigenvalue weighted by molar-refractivity contribution is 7.92. The number of benzene rings is 3. The number of anilines is 3. The molecule has 0 unspecified atom stereocenters. The van der Waals surface area contributed by atoms with E-state index in [0.717, 1.165) is 5.56 Å². The maximum atomic E-state index is 12.9. The van der Waals surface area contributed by atoms with E-state index in [2.05, 4.69) is 15.4 Å². The van der Waals surface area contributed by atoms with Crippen molar-refractivity contribution >= 4 is 50.5 Å². The van der Waals surface area contributed by atoms with E-state index in [1.165, 1.54) is 25.1 Å². The molecule has 32 heavy (non-hydrogen) atoms. The fourth-order valence-corrected chi connectivity index (χ4v) is 4.27. The lowest BCUT2D eigenvalue weighted by Gasteiger charge is -2.13. The minimum atomic E-state index is -3.91. The summed E-state index contributed by atoms with van der Waals surface area (Å²) in [7, 11) is -3.91. The second kappa shape index (κ2) is 9.42. The van der Waals surface area contributed by atoms with Crippen LogP contribution in [0.15, 0.2) is 65.6 Å². The molecular weight excluding hydrogens is 450 g/mol. The molecule has 3 rings (SSSR count). The summed E-state index contributed by atoms with van der Waals surface area (Å²) in [5.41, 5.74) is 2.86. The number of carbonyl (C=O) groups is 2. The molecule has 3 N–H and O–H groups in total. The lowest BCUT2D eigenvalue weighted by Crippen LogP contribution is -2.17. The number of hydrogen-bond acceptors (Lipinski definition) is 4. The lowest BCUT2D eigenvalue weighted by atomic mass is 10.1. The summed E-state index contributed by atoms with van der Waals surface area (Å²) < 4.78 is 28.2. The minimum Gasteiger partial charge on any atom is -0.326 e. The second-order valence-electron chi connectivity index (χ2n) is 7.28. The summed E-state index contributed by atoms with van der Waals surface area (Å²) in [6, 6.07) is 16.0. The quantitative estimate of drug-likeness (QED) is 0.472. The standard InChI is InChI=1S/C23H22ClN3O4S/c1-14-5-4-6-18(11-14)27-32(30,31)19-9-7-15(2)20(13-19)23(29)26-22-12-17(25-16(3)28)8-10-21(22)24/h4-13,27H,1-3H3,(H,25,28)(H,26,29). The Morgan fingerprint density at radius 1 is 0.875 bits per heavy atom. The van der Waals surface area contributed by atoms with Crippen molar-refractivity contribution in [2.24, 2.45) is 0 Å². The highest BCUT2D eigenvalue weighted by atomic mass is 35.5. The van der Waals surface area contributed by atoms with Crippen molar-refractivity contribution < 1.29 is 18.0 Å². The Labute approximate surface area is 191 Å². The van der Waals surface area contributed by atoms with Gasteiger partial charge in [0.2, 0.25) is 5.91 Å². The summed E-state index contributed by atoms with van der Waals surface area (Å²) in [6.45, 7) is 4.93. The zero-order valence-electron chi connectivity index (χ0n) is 17.7. The Bertz CT molecular complexity index is 1310. The molecule has 0 aliphatic carbocycles. The van der Waals surface area contributed by atoms with Crippen molar-refractivity contribution in [3.63, 3.8) is 0 Å². The third-order valence-corrected chi connectivity index (χ3v) is 6.28. The first kappa shape index (κ1) is 23.3. The molecule has 0 aromatic heterocycles. The van der Waals surface area contributed by atoms with Crippen molar-refractivity contribution in [2.75, 3.05) is 15.4 Å². The topological polar surface area (TPSA) is 104 Å². The van der Waals surface area contributed by atoms with Gasteiger partial charge in [-0.05, 0) is 67.4 Å². The van der Waals surface area contributed by atoms with Crippen molar-refractivity contribution in [1.29, 1.82) is 0 Å². The Morgan fingerprint density at radius 3 is 2.31 bits per heavy atom. The molecule has 3 aromatic rings. The second-order valence-corrected chi connectivity index (χ2v) is 9.37. The van der Waals surface area contributed by atoms with Gasteiger partial charge in [-0.2, -0.15) is 0 Å². The molecule has 0 aliphatic heterocycles. The minimum absolute atomic E-state index is 0.0483. The Kier molecular flexibility index (Phi) is 6.86. The van der Waals surface area contributed by atoms with Crippen LogP contribution in [0.25, 0.3) is 0 Å². The molecule has 0 radical (unpaired) electrons. The van der Waals surface area contributed by atoms with Gasteiger partial charge in [-0.1, -0.05) is 29.8 Å². The average molecular weight is 472 g/mol. The van der Waals surface area contributed by atoms with E-state index >= 15 is 0 Å². The molecule has 0 heterocycles. The highest BCUT2D eigenvalue weighted by Gasteiger charge is 2.19. The van der Waals surface area contributed by atoms with E-state index in [1.54, 1.807) is 43.3 Å². The Balaban J connectivity index is 1.88. The maximum absolute atomic E-state index is 12.9. The van der Waals surface area contributed by atoms with Gasteiger partial charge in [-0.15, -0.1) is 0 Å². The van der Waals surface area contributed by atoms with Gasteiger partial charge in [0, 0.05) is 23.9 Å². The molecule has 0 bridgehead atoms. The number of sulfonamides is 1. The summed E-state index contributed by atoms with van der Waals surface area (Å²) in [4.78, 5) is 24.2. The summed E-state index contributed by atoms with van der Waals surface area (Å²) in [6.07, 6.45) is 0. The molecular formula is C23H22ClN3O4S. The van der Waals surface area contributed by atoms with Gasteiger partial charge in [0.25, 0.3) is 15.9 Å². The first-order valence-corrected chi connectivity index (χ1v) is 11.5. The molecule has 0 spiro atoms. The number of rotatable bonds is 6. The molecule has 166 valence electrons. The first-order valence-electron chi connectivity index (χ1n) is 9.64. The van der Waals surface area contributed by atoms with E-state index in [9.17, 15) is 18.0 Å². The number of nitrogens with one attached hydrogen (secondary N) is 3.